The minimum absolute atomic E-state index is 0.0896. The van der Waals surface area contributed by atoms with Crippen molar-refractivity contribution < 1.29 is 0 Å². The second-order valence-electron chi connectivity index (χ2n) is 3.83. The van der Waals surface area contributed by atoms with Crippen LogP contribution in [-0.2, 0) is 12.8 Å². The number of aryl methyl sites for hydroxylation is 2. The Morgan fingerprint density at radius 3 is 2.81 bits per heavy atom. The third-order valence-electron chi connectivity index (χ3n) is 2.49. The van der Waals surface area contributed by atoms with Crippen molar-refractivity contribution in [1.82, 2.24) is 4.98 Å². The van der Waals surface area contributed by atoms with Crippen LogP contribution in [0.4, 0.5) is 0 Å². The van der Waals surface area contributed by atoms with Crippen molar-refractivity contribution in [2.24, 2.45) is 5.73 Å². The zero-order valence-corrected chi connectivity index (χ0v) is 11.2. The van der Waals surface area contributed by atoms with Gasteiger partial charge in [0.1, 0.15) is 0 Å². The Morgan fingerprint density at radius 1 is 1.44 bits per heavy atom. The minimum atomic E-state index is 0.0896. The number of hydrogen-bond acceptors (Lipinski definition) is 4. The molecule has 16 heavy (non-hydrogen) atoms. The molecular formula is C12H16N2S2. The van der Waals surface area contributed by atoms with Gasteiger partial charge in [0.05, 0.1) is 10.7 Å². The smallest absolute Gasteiger partial charge is 0.0897 e. The highest BCUT2D eigenvalue weighted by Crippen LogP contribution is 2.25. The maximum absolute atomic E-state index is 6.18. The van der Waals surface area contributed by atoms with Crippen LogP contribution in [0.15, 0.2) is 17.5 Å². The maximum atomic E-state index is 6.18. The molecule has 0 aliphatic carbocycles. The van der Waals surface area contributed by atoms with Gasteiger partial charge >= 0.3 is 0 Å². The molecule has 2 heterocycles. The van der Waals surface area contributed by atoms with Crippen LogP contribution >= 0.6 is 22.7 Å². The Labute approximate surface area is 104 Å². The Kier molecular flexibility index (Phi) is 3.74. The Balaban J connectivity index is 2.05. The van der Waals surface area contributed by atoms with Gasteiger partial charge in [-0.2, -0.15) is 0 Å². The SMILES string of the molecule is CCc1ccc(C(N)Cc2csc(C)n2)s1. The molecule has 2 aromatic rings. The summed E-state index contributed by atoms with van der Waals surface area (Å²) in [7, 11) is 0. The summed E-state index contributed by atoms with van der Waals surface area (Å²) in [6, 6.07) is 4.41. The van der Waals surface area contributed by atoms with E-state index in [1.807, 2.05) is 18.3 Å². The molecule has 1 unspecified atom stereocenters. The first-order valence-corrected chi connectivity index (χ1v) is 7.14. The first-order chi connectivity index (χ1) is 7.69. The summed E-state index contributed by atoms with van der Waals surface area (Å²) in [6.07, 6.45) is 1.93. The van der Waals surface area contributed by atoms with Gasteiger partial charge in [-0.25, -0.2) is 4.98 Å². The molecule has 86 valence electrons. The van der Waals surface area contributed by atoms with E-state index < -0.39 is 0 Å². The second-order valence-corrected chi connectivity index (χ2v) is 6.09. The number of thiazole rings is 1. The van der Waals surface area contributed by atoms with Gasteiger partial charge in [-0.15, -0.1) is 22.7 Å². The number of hydrogen-bond donors (Lipinski definition) is 1. The van der Waals surface area contributed by atoms with E-state index in [0.29, 0.717) is 0 Å². The number of thiophene rings is 1. The first-order valence-electron chi connectivity index (χ1n) is 5.44. The average molecular weight is 252 g/mol. The molecule has 0 spiro atoms. The molecule has 2 aromatic heterocycles. The fourth-order valence-electron chi connectivity index (χ4n) is 1.61. The average Bonchev–Trinajstić information content (AvgIpc) is 2.87. The summed E-state index contributed by atoms with van der Waals surface area (Å²) >= 11 is 3.51. The van der Waals surface area contributed by atoms with Gasteiger partial charge in [-0.3, -0.25) is 0 Å². The van der Waals surface area contributed by atoms with Crippen LogP contribution < -0.4 is 5.73 Å². The molecule has 0 aromatic carbocycles. The van der Waals surface area contributed by atoms with E-state index in [1.54, 1.807) is 11.3 Å². The van der Waals surface area contributed by atoms with Crippen LogP contribution in [0.25, 0.3) is 0 Å². The van der Waals surface area contributed by atoms with E-state index >= 15 is 0 Å². The Hall–Kier alpha value is -0.710. The molecule has 0 saturated heterocycles. The molecule has 2 nitrogen and oxygen atoms in total. The second kappa shape index (κ2) is 5.08. The number of rotatable bonds is 4. The molecule has 0 fully saturated rings. The van der Waals surface area contributed by atoms with Gasteiger partial charge in [0.2, 0.25) is 0 Å². The number of nitrogens with zero attached hydrogens (tertiary/aromatic N) is 1. The van der Waals surface area contributed by atoms with Crippen LogP contribution in [0.3, 0.4) is 0 Å². The number of nitrogens with two attached hydrogens (primary N) is 1. The highest BCUT2D eigenvalue weighted by atomic mass is 32.1. The lowest BCUT2D eigenvalue weighted by Gasteiger charge is -2.06. The van der Waals surface area contributed by atoms with Gasteiger partial charge in [0.25, 0.3) is 0 Å². The Morgan fingerprint density at radius 2 is 2.25 bits per heavy atom. The van der Waals surface area contributed by atoms with E-state index in [1.165, 1.54) is 9.75 Å². The van der Waals surface area contributed by atoms with Gasteiger partial charge in [-0.05, 0) is 25.5 Å². The van der Waals surface area contributed by atoms with Crippen molar-refractivity contribution in [3.05, 3.63) is 38.0 Å². The monoisotopic (exact) mass is 252 g/mol. The lowest BCUT2D eigenvalue weighted by molar-refractivity contribution is 0.722. The van der Waals surface area contributed by atoms with Crippen molar-refractivity contribution in [2.75, 3.05) is 0 Å². The van der Waals surface area contributed by atoms with E-state index in [2.05, 4.69) is 29.4 Å². The van der Waals surface area contributed by atoms with Crippen molar-refractivity contribution in [3.8, 4) is 0 Å². The summed E-state index contributed by atoms with van der Waals surface area (Å²) in [4.78, 5) is 7.12. The van der Waals surface area contributed by atoms with Crippen molar-refractivity contribution in [2.45, 2.75) is 32.7 Å². The van der Waals surface area contributed by atoms with Crippen LogP contribution in [0.5, 0.6) is 0 Å². The molecule has 0 saturated carbocycles. The molecule has 4 heteroatoms. The third-order valence-corrected chi connectivity index (χ3v) is 4.68. The summed E-state index contributed by atoms with van der Waals surface area (Å²) in [6.45, 7) is 4.20. The van der Waals surface area contributed by atoms with Gasteiger partial charge < -0.3 is 5.73 Å². The predicted molar refractivity (Wildman–Crippen MR) is 71.2 cm³/mol. The highest BCUT2D eigenvalue weighted by molar-refractivity contribution is 7.12. The molecule has 0 bridgehead atoms. The van der Waals surface area contributed by atoms with Crippen LogP contribution in [0.2, 0.25) is 0 Å². The van der Waals surface area contributed by atoms with Crippen LogP contribution in [-0.4, -0.2) is 4.98 Å². The molecule has 0 aliphatic rings. The Bertz CT molecular complexity index is 459. The van der Waals surface area contributed by atoms with Gasteiger partial charge in [-0.1, -0.05) is 6.92 Å². The molecule has 0 amide bonds. The largest absolute Gasteiger partial charge is 0.323 e. The van der Waals surface area contributed by atoms with Crippen LogP contribution in [0.1, 0.15) is 33.4 Å². The maximum Gasteiger partial charge on any atom is 0.0897 e. The molecule has 0 aliphatic heterocycles. The topological polar surface area (TPSA) is 38.9 Å². The van der Waals surface area contributed by atoms with Crippen LogP contribution in [0, 0.1) is 6.92 Å². The lowest BCUT2D eigenvalue weighted by Crippen LogP contribution is -2.11. The fourth-order valence-corrected chi connectivity index (χ4v) is 3.19. The first kappa shape index (κ1) is 11.8. The summed E-state index contributed by atoms with van der Waals surface area (Å²) < 4.78 is 0. The normalized spacial score (nSPS) is 12.9. The fraction of sp³-hybridized carbons (Fsp3) is 0.417. The van der Waals surface area contributed by atoms with E-state index in [9.17, 15) is 0 Å². The van der Waals surface area contributed by atoms with Gasteiger partial charge in [0.15, 0.2) is 0 Å². The highest BCUT2D eigenvalue weighted by Gasteiger charge is 2.11. The third kappa shape index (κ3) is 2.70. The standard InChI is InChI=1S/C12H16N2S2/c1-3-10-4-5-12(16-10)11(13)6-9-7-15-8(2)14-9/h4-5,7,11H,3,6,13H2,1-2H3. The van der Waals surface area contributed by atoms with Crippen molar-refractivity contribution >= 4 is 22.7 Å². The van der Waals surface area contributed by atoms with E-state index in [0.717, 1.165) is 23.5 Å². The summed E-state index contributed by atoms with van der Waals surface area (Å²) in [5, 5.41) is 3.21. The van der Waals surface area contributed by atoms with E-state index in [-0.39, 0.29) is 6.04 Å². The van der Waals surface area contributed by atoms with E-state index in [4.69, 9.17) is 5.73 Å². The molecule has 0 radical (unpaired) electrons. The predicted octanol–water partition coefficient (Wildman–Crippen LogP) is 3.32. The van der Waals surface area contributed by atoms with Crippen molar-refractivity contribution in [1.29, 1.82) is 0 Å². The zero-order chi connectivity index (χ0) is 11.5. The summed E-state index contributed by atoms with van der Waals surface area (Å²) in [5.41, 5.74) is 7.29. The quantitative estimate of drug-likeness (QED) is 0.906. The molecule has 2 N–H and O–H groups in total. The molecule has 2 rings (SSSR count). The molecular weight excluding hydrogens is 236 g/mol. The van der Waals surface area contributed by atoms with Gasteiger partial charge in [0, 0.05) is 27.6 Å². The summed E-state index contributed by atoms with van der Waals surface area (Å²) in [5.74, 6) is 0. The van der Waals surface area contributed by atoms with Crippen molar-refractivity contribution in [3.63, 3.8) is 0 Å². The lowest BCUT2D eigenvalue weighted by atomic mass is 10.1. The minimum Gasteiger partial charge on any atom is -0.323 e. The molecule has 1 atom stereocenters. The zero-order valence-electron chi connectivity index (χ0n) is 9.56. The number of aromatic nitrogens is 1.